The predicted octanol–water partition coefficient (Wildman–Crippen LogP) is 3.44. The lowest BCUT2D eigenvalue weighted by molar-refractivity contribution is 0.247. The Morgan fingerprint density at radius 1 is 1.21 bits per heavy atom. The zero-order valence-electron chi connectivity index (χ0n) is 13.2. The SMILES string of the molecule is O=C(Nc1ccc(O)cc1)NC1CCN(Cc2ccccc2Cl)C1. The predicted molar refractivity (Wildman–Crippen MR) is 95.4 cm³/mol. The van der Waals surface area contributed by atoms with Crippen LogP contribution in [0.5, 0.6) is 5.75 Å². The van der Waals surface area contributed by atoms with Crippen LogP contribution in [-0.2, 0) is 6.54 Å². The number of hydrogen-bond acceptors (Lipinski definition) is 3. The lowest BCUT2D eigenvalue weighted by Crippen LogP contribution is -2.39. The van der Waals surface area contributed by atoms with Gasteiger partial charge in [-0.15, -0.1) is 0 Å². The summed E-state index contributed by atoms with van der Waals surface area (Å²) in [5.41, 5.74) is 1.75. The highest BCUT2D eigenvalue weighted by atomic mass is 35.5. The van der Waals surface area contributed by atoms with E-state index in [1.807, 2.05) is 24.3 Å². The van der Waals surface area contributed by atoms with Crippen LogP contribution in [0.3, 0.4) is 0 Å². The summed E-state index contributed by atoms with van der Waals surface area (Å²) in [6.45, 7) is 2.51. The highest BCUT2D eigenvalue weighted by molar-refractivity contribution is 6.31. The van der Waals surface area contributed by atoms with E-state index in [1.54, 1.807) is 12.1 Å². The molecule has 126 valence electrons. The smallest absolute Gasteiger partial charge is 0.319 e. The van der Waals surface area contributed by atoms with Crippen molar-refractivity contribution >= 4 is 23.3 Å². The average Bonchev–Trinajstić information content (AvgIpc) is 2.99. The van der Waals surface area contributed by atoms with E-state index >= 15 is 0 Å². The molecule has 0 radical (unpaired) electrons. The Labute approximate surface area is 146 Å². The number of urea groups is 1. The van der Waals surface area contributed by atoms with Crippen LogP contribution in [0.25, 0.3) is 0 Å². The van der Waals surface area contributed by atoms with Crippen LogP contribution in [0.4, 0.5) is 10.5 Å². The monoisotopic (exact) mass is 345 g/mol. The van der Waals surface area contributed by atoms with Crippen molar-refractivity contribution in [1.82, 2.24) is 10.2 Å². The number of phenolic OH excluding ortho intramolecular Hbond substituents is 1. The van der Waals surface area contributed by atoms with Crippen molar-refractivity contribution in [1.29, 1.82) is 0 Å². The van der Waals surface area contributed by atoms with Gasteiger partial charge in [-0.05, 0) is 42.3 Å². The normalized spacial score (nSPS) is 17.6. The quantitative estimate of drug-likeness (QED) is 0.744. The van der Waals surface area contributed by atoms with Gasteiger partial charge in [0.2, 0.25) is 0 Å². The fourth-order valence-corrected chi connectivity index (χ4v) is 3.05. The average molecular weight is 346 g/mol. The largest absolute Gasteiger partial charge is 0.508 e. The van der Waals surface area contributed by atoms with Crippen LogP contribution >= 0.6 is 11.6 Å². The molecule has 5 nitrogen and oxygen atoms in total. The zero-order chi connectivity index (χ0) is 16.9. The highest BCUT2D eigenvalue weighted by Gasteiger charge is 2.24. The lowest BCUT2D eigenvalue weighted by atomic mass is 10.2. The fraction of sp³-hybridized carbons (Fsp3) is 0.278. The molecular weight excluding hydrogens is 326 g/mol. The van der Waals surface area contributed by atoms with Gasteiger partial charge in [0.05, 0.1) is 0 Å². The molecule has 6 heteroatoms. The van der Waals surface area contributed by atoms with Gasteiger partial charge < -0.3 is 15.7 Å². The van der Waals surface area contributed by atoms with Gasteiger partial charge in [-0.25, -0.2) is 4.79 Å². The minimum Gasteiger partial charge on any atom is -0.508 e. The van der Waals surface area contributed by atoms with Gasteiger partial charge in [0.15, 0.2) is 0 Å². The number of likely N-dealkylation sites (tertiary alicyclic amines) is 1. The Morgan fingerprint density at radius 3 is 2.71 bits per heavy atom. The molecule has 1 heterocycles. The van der Waals surface area contributed by atoms with Crippen molar-refractivity contribution in [3.8, 4) is 5.75 Å². The first-order valence-electron chi connectivity index (χ1n) is 7.92. The second kappa shape index (κ2) is 7.55. The maximum absolute atomic E-state index is 12.0. The number of carbonyl (C=O) groups excluding carboxylic acids is 1. The molecule has 1 fully saturated rings. The molecule has 0 aliphatic carbocycles. The standard InChI is InChI=1S/C18H20ClN3O2/c19-17-4-2-1-3-13(17)11-22-10-9-15(12-22)21-18(24)20-14-5-7-16(23)8-6-14/h1-8,15,23H,9-12H2,(H2,20,21,24). The van der Waals surface area contributed by atoms with Gasteiger partial charge in [-0.2, -0.15) is 0 Å². The van der Waals surface area contributed by atoms with Gasteiger partial charge >= 0.3 is 6.03 Å². The molecule has 2 amide bonds. The number of hydrogen-bond donors (Lipinski definition) is 3. The third kappa shape index (κ3) is 4.40. The molecule has 0 bridgehead atoms. The molecule has 3 N–H and O–H groups in total. The van der Waals surface area contributed by atoms with Crippen molar-refractivity contribution in [2.75, 3.05) is 18.4 Å². The molecule has 1 aliphatic rings. The van der Waals surface area contributed by atoms with Crippen molar-refractivity contribution in [3.63, 3.8) is 0 Å². The maximum atomic E-state index is 12.0. The number of nitrogens with one attached hydrogen (secondary N) is 2. The van der Waals surface area contributed by atoms with E-state index in [1.165, 1.54) is 12.1 Å². The number of anilines is 1. The first-order valence-corrected chi connectivity index (χ1v) is 8.30. The summed E-state index contributed by atoms with van der Waals surface area (Å²) in [4.78, 5) is 14.3. The Morgan fingerprint density at radius 2 is 1.96 bits per heavy atom. The highest BCUT2D eigenvalue weighted by Crippen LogP contribution is 2.20. The van der Waals surface area contributed by atoms with Crippen LogP contribution in [0.1, 0.15) is 12.0 Å². The first-order chi connectivity index (χ1) is 11.6. The molecule has 2 aromatic carbocycles. The second-order valence-electron chi connectivity index (χ2n) is 5.96. The maximum Gasteiger partial charge on any atom is 0.319 e. The van der Waals surface area contributed by atoms with E-state index in [0.717, 1.165) is 36.6 Å². The molecule has 1 atom stereocenters. The molecule has 1 saturated heterocycles. The molecular formula is C18H20ClN3O2. The molecule has 1 aliphatic heterocycles. The Balaban J connectivity index is 1.48. The number of nitrogens with zero attached hydrogens (tertiary/aromatic N) is 1. The van der Waals surface area contributed by atoms with Crippen LogP contribution in [0, 0.1) is 0 Å². The van der Waals surface area contributed by atoms with E-state index in [0.29, 0.717) is 5.69 Å². The summed E-state index contributed by atoms with van der Waals surface area (Å²) >= 11 is 6.20. The topological polar surface area (TPSA) is 64.6 Å². The van der Waals surface area contributed by atoms with Crippen LogP contribution < -0.4 is 10.6 Å². The minimum atomic E-state index is -0.231. The summed E-state index contributed by atoms with van der Waals surface area (Å²) < 4.78 is 0. The molecule has 0 spiro atoms. The molecule has 24 heavy (non-hydrogen) atoms. The summed E-state index contributed by atoms with van der Waals surface area (Å²) in [6.07, 6.45) is 0.910. The van der Waals surface area contributed by atoms with Gasteiger partial charge in [-0.1, -0.05) is 29.8 Å². The van der Waals surface area contributed by atoms with Gasteiger partial charge in [0, 0.05) is 36.4 Å². The first kappa shape index (κ1) is 16.6. The molecule has 3 rings (SSSR count). The van der Waals surface area contributed by atoms with Gasteiger partial charge in [0.1, 0.15) is 5.75 Å². The number of benzene rings is 2. The zero-order valence-corrected chi connectivity index (χ0v) is 14.0. The third-order valence-electron chi connectivity index (χ3n) is 4.08. The van der Waals surface area contributed by atoms with E-state index in [-0.39, 0.29) is 17.8 Å². The fourth-order valence-electron chi connectivity index (χ4n) is 2.86. The van der Waals surface area contributed by atoms with Crippen LogP contribution in [0.15, 0.2) is 48.5 Å². The van der Waals surface area contributed by atoms with Crippen molar-refractivity contribution in [2.45, 2.75) is 19.0 Å². The Bertz CT molecular complexity index is 706. The van der Waals surface area contributed by atoms with Gasteiger partial charge in [0.25, 0.3) is 0 Å². The second-order valence-corrected chi connectivity index (χ2v) is 6.36. The molecule has 0 aromatic heterocycles. The number of carbonyl (C=O) groups is 1. The van der Waals surface area contributed by atoms with Crippen LogP contribution in [-0.4, -0.2) is 35.2 Å². The Kier molecular flexibility index (Phi) is 5.23. The van der Waals surface area contributed by atoms with Crippen molar-refractivity contribution in [3.05, 3.63) is 59.1 Å². The summed E-state index contributed by atoms with van der Waals surface area (Å²) in [5.74, 6) is 0.173. The molecule has 0 saturated carbocycles. The number of halogens is 1. The lowest BCUT2D eigenvalue weighted by Gasteiger charge is -2.17. The summed E-state index contributed by atoms with van der Waals surface area (Å²) in [7, 11) is 0. The van der Waals surface area contributed by atoms with E-state index < -0.39 is 0 Å². The van der Waals surface area contributed by atoms with E-state index in [2.05, 4.69) is 15.5 Å². The summed E-state index contributed by atoms with van der Waals surface area (Å²) in [5, 5.41) is 15.8. The van der Waals surface area contributed by atoms with Crippen LogP contribution in [0.2, 0.25) is 5.02 Å². The van der Waals surface area contributed by atoms with E-state index in [9.17, 15) is 9.90 Å². The van der Waals surface area contributed by atoms with Crippen molar-refractivity contribution in [2.24, 2.45) is 0 Å². The number of aromatic hydroxyl groups is 1. The number of phenols is 1. The van der Waals surface area contributed by atoms with E-state index in [4.69, 9.17) is 11.6 Å². The third-order valence-corrected chi connectivity index (χ3v) is 4.45. The minimum absolute atomic E-state index is 0.115. The van der Waals surface area contributed by atoms with Crippen molar-refractivity contribution < 1.29 is 9.90 Å². The molecule has 2 aromatic rings. The Hall–Kier alpha value is -2.24. The van der Waals surface area contributed by atoms with Gasteiger partial charge in [-0.3, -0.25) is 4.90 Å². The number of rotatable bonds is 4. The summed E-state index contributed by atoms with van der Waals surface area (Å²) in [6, 6.07) is 14.1. The number of amides is 2. The molecule has 1 unspecified atom stereocenters.